The van der Waals surface area contributed by atoms with E-state index in [9.17, 15) is 9.59 Å². The molecule has 7 heteroatoms. The highest BCUT2D eigenvalue weighted by Crippen LogP contribution is 2.15. The van der Waals surface area contributed by atoms with Crippen LogP contribution in [0.15, 0.2) is 30.5 Å². The quantitative estimate of drug-likeness (QED) is 0.667. The second-order valence-corrected chi connectivity index (χ2v) is 4.73. The number of primary amides is 1. The van der Waals surface area contributed by atoms with Gasteiger partial charge in [0.25, 0.3) is 5.91 Å². The van der Waals surface area contributed by atoms with Gasteiger partial charge in [-0.3, -0.25) is 9.59 Å². The predicted octanol–water partition coefficient (Wildman–Crippen LogP) is 0.486. The molecule has 0 saturated heterocycles. The van der Waals surface area contributed by atoms with Gasteiger partial charge in [-0.15, -0.1) is 0 Å². The van der Waals surface area contributed by atoms with Crippen molar-refractivity contribution in [2.45, 2.75) is 6.92 Å². The number of carbonyl (C=O) groups is 2. The number of nitrogens with one attached hydrogen (secondary N) is 1. The summed E-state index contributed by atoms with van der Waals surface area (Å²) in [7, 11) is 0. The Balaban J connectivity index is 2.46. The molecule has 114 valence electrons. The lowest BCUT2D eigenvalue weighted by molar-refractivity contribution is 0.0978. The number of hydrogen-bond donors (Lipinski definition) is 3. The molecule has 0 unspecified atom stereocenters. The predicted molar refractivity (Wildman–Crippen MR) is 82.7 cm³/mol. The number of ketones is 1. The third-order valence-corrected chi connectivity index (χ3v) is 2.98. The highest BCUT2D eigenvalue weighted by atomic mass is 16.1. The van der Waals surface area contributed by atoms with Crippen molar-refractivity contribution in [1.82, 2.24) is 9.97 Å². The van der Waals surface area contributed by atoms with Crippen LogP contribution in [0.3, 0.4) is 0 Å². The van der Waals surface area contributed by atoms with E-state index in [1.807, 2.05) is 13.0 Å². The molecule has 0 radical (unpaired) electrons. The van der Waals surface area contributed by atoms with Crippen molar-refractivity contribution in [3.05, 3.63) is 52.8 Å². The van der Waals surface area contributed by atoms with Crippen LogP contribution in [0.2, 0.25) is 0 Å². The van der Waals surface area contributed by atoms with Gasteiger partial charge < -0.3 is 16.8 Å². The zero-order valence-corrected chi connectivity index (χ0v) is 12.2. The van der Waals surface area contributed by atoms with Crippen LogP contribution in [-0.2, 0) is 0 Å². The Kier molecular flexibility index (Phi) is 4.80. The van der Waals surface area contributed by atoms with Crippen molar-refractivity contribution in [2.75, 3.05) is 18.4 Å². The monoisotopic (exact) mass is 299 g/mol. The smallest absolute Gasteiger partial charge is 0.252 e. The van der Waals surface area contributed by atoms with E-state index in [0.717, 1.165) is 5.56 Å². The minimum atomic E-state index is -0.749. The molecule has 0 bridgehead atoms. The van der Waals surface area contributed by atoms with Crippen molar-refractivity contribution in [1.29, 1.82) is 0 Å². The molecule has 1 aromatic heterocycles. The van der Waals surface area contributed by atoms with E-state index in [4.69, 9.17) is 11.5 Å². The van der Waals surface area contributed by atoms with Gasteiger partial charge in [0.1, 0.15) is 5.69 Å². The van der Waals surface area contributed by atoms with E-state index >= 15 is 0 Å². The molecule has 5 N–H and O–H groups in total. The molecule has 0 aliphatic carbocycles. The van der Waals surface area contributed by atoms with Crippen molar-refractivity contribution in [2.24, 2.45) is 11.5 Å². The lowest BCUT2D eigenvalue weighted by Gasteiger charge is -2.08. The van der Waals surface area contributed by atoms with Crippen LogP contribution in [0.5, 0.6) is 0 Å². The zero-order chi connectivity index (χ0) is 16.1. The molecule has 1 heterocycles. The largest absolute Gasteiger partial charge is 0.365 e. The maximum Gasteiger partial charge on any atom is 0.252 e. The fourth-order valence-corrected chi connectivity index (χ4v) is 1.93. The summed E-state index contributed by atoms with van der Waals surface area (Å²) in [5.74, 6) is -0.900. The van der Waals surface area contributed by atoms with Gasteiger partial charge in [0.15, 0.2) is 0 Å². The summed E-state index contributed by atoms with van der Waals surface area (Å²) < 4.78 is 0. The summed E-state index contributed by atoms with van der Waals surface area (Å²) in [5.41, 5.74) is 12.0. The average Bonchev–Trinajstić information content (AvgIpc) is 2.51. The van der Waals surface area contributed by atoms with Gasteiger partial charge in [-0.1, -0.05) is 23.8 Å². The number of carbonyl (C=O) groups excluding carboxylic acids is 2. The molecule has 0 aliphatic heterocycles. The summed E-state index contributed by atoms with van der Waals surface area (Å²) in [4.78, 5) is 32.2. The van der Waals surface area contributed by atoms with Crippen molar-refractivity contribution in [3.8, 4) is 0 Å². The van der Waals surface area contributed by atoms with Crippen LogP contribution >= 0.6 is 0 Å². The van der Waals surface area contributed by atoms with Crippen molar-refractivity contribution < 1.29 is 9.59 Å². The minimum absolute atomic E-state index is 0.00944. The maximum absolute atomic E-state index is 12.6. The molecule has 7 nitrogen and oxygen atoms in total. The molecule has 0 spiro atoms. The summed E-state index contributed by atoms with van der Waals surface area (Å²) in [5, 5.41) is 2.87. The third-order valence-electron chi connectivity index (χ3n) is 2.98. The number of anilines is 1. The second-order valence-electron chi connectivity index (χ2n) is 4.73. The molecular formula is C15H17N5O2. The number of aryl methyl sites for hydroxylation is 1. The van der Waals surface area contributed by atoms with Crippen LogP contribution in [0.4, 0.5) is 5.95 Å². The average molecular weight is 299 g/mol. The number of hydrogen-bond acceptors (Lipinski definition) is 6. The lowest BCUT2D eigenvalue weighted by Crippen LogP contribution is -2.21. The first kappa shape index (κ1) is 15.6. The Morgan fingerprint density at radius 3 is 2.73 bits per heavy atom. The van der Waals surface area contributed by atoms with Crippen LogP contribution in [0.25, 0.3) is 0 Å². The highest BCUT2D eigenvalue weighted by Gasteiger charge is 2.20. The lowest BCUT2D eigenvalue weighted by atomic mass is 10.0. The fraction of sp³-hybridized carbons (Fsp3) is 0.200. The molecule has 1 amide bonds. The Morgan fingerprint density at radius 1 is 1.32 bits per heavy atom. The number of aromatic nitrogens is 2. The number of amides is 1. The topological polar surface area (TPSA) is 124 Å². The maximum atomic E-state index is 12.6. The van der Waals surface area contributed by atoms with Gasteiger partial charge in [-0.05, 0) is 13.0 Å². The second kappa shape index (κ2) is 6.77. The van der Waals surface area contributed by atoms with Gasteiger partial charge in [0.05, 0.1) is 5.56 Å². The first-order valence-corrected chi connectivity index (χ1v) is 6.75. The van der Waals surface area contributed by atoms with Crippen LogP contribution in [0, 0.1) is 6.92 Å². The highest BCUT2D eigenvalue weighted by molar-refractivity contribution is 6.13. The van der Waals surface area contributed by atoms with Gasteiger partial charge in [-0.2, -0.15) is 0 Å². The molecule has 2 rings (SSSR count). The van der Waals surface area contributed by atoms with Gasteiger partial charge in [0.2, 0.25) is 11.7 Å². The zero-order valence-electron chi connectivity index (χ0n) is 12.2. The molecule has 22 heavy (non-hydrogen) atoms. The first-order chi connectivity index (χ1) is 10.5. The van der Waals surface area contributed by atoms with Crippen molar-refractivity contribution in [3.63, 3.8) is 0 Å². The minimum Gasteiger partial charge on any atom is -0.365 e. The number of nitrogens with two attached hydrogens (primary N) is 2. The molecule has 1 aromatic carbocycles. The van der Waals surface area contributed by atoms with E-state index in [1.54, 1.807) is 18.2 Å². The summed E-state index contributed by atoms with van der Waals surface area (Å²) >= 11 is 0. The van der Waals surface area contributed by atoms with Gasteiger partial charge in [-0.25, -0.2) is 9.97 Å². The molecule has 0 atom stereocenters. The van der Waals surface area contributed by atoms with Gasteiger partial charge >= 0.3 is 0 Å². The van der Waals surface area contributed by atoms with Gasteiger partial charge in [0, 0.05) is 24.8 Å². The van der Waals surface area contributed by atoms with Crippen LogP contribution in [-0.4, -0.2) is 34.7 Å². The Labute approximate surface area is 127 Å². The SMILES string of the molecule is Cc1cccc(C(=O)c2nc(NCCN)ncc2C(N)=O)c1. The van der Waals surface area contributed by atoms with E-state index in [-0.39, 0.29) is 23.0 Å². The summed E-state index contributed by atoms with van der Waals surface area (Å²) in [6.07, 6.45) is 1.25. The molecule has 0 aliphatic rings. The van der Waals surface area contributed by atoms with E-state index in [0.29, 0.717) is 18.7 Å². The number of benzene rings is 1. The first-order valence-electron chi connectivity index (χ1n) is 6.75. The fourth-order valence-electron chi connectivity index (χ4n) is 1.93. The van der Waals surface area contributed by atoms with Crippen molar-refractivity contribution >= 4 is 17.6 Å². The number of rotatable bonds is 6. The van der Waals surface area contributed by atoms with Crippen LogP contribution < -0.4 is 16.8 Å². The third kappa shape index (κ3) is 3.44. The summed E-state index contributed by atoms with van der Waals surface area (Å²) in [6.45, 7) is 2.72. The van der Waals surface area contributed by atoms with E-state index < -0.39 is 5.91 Å². The normalized spacial score (nSPS) is 10.3. The van der Waals surface area contributed by atoms with Crippen LogP contribution in [0.1, 0.15) is 32.0 Å². The Hall–Kier alpha value is -2.80. The molecule has 2 aromatic rings. The molecular weight excluding hydrogens is 282 g/mol. The molecule has 0 saturated carbocycles. The van der Waals surface area contributed by atoms with E-state index in [2.05, 4.69) is 15.3 Å². The Bertz CT molecular complexity index is 715. The molecule has 0 fully saturated rings. The number of nitrogens with zero attached hydrogens (tertiary/aromatic N) is 2. The standard InChI is InChI=1S/C15H17N5O2/c1-9-3-2-4-10(7-9)13(21)12-11(14(17)22)8-19-15(20-12)18-6-5-16/h2-4,7-8H,5-6,16H2,1H3,(H2,17,22)(H,18,19,20). The van der Waals surface area contributed by atoms with E-state index in [1.165, 1.54) is 6.20 Å². The Morgan fingerprint density at radius 2 is 2.09 bits per heavy atom. The summed E-state index contributed by atoms with van der Waals surface area (Å²) in [6, 6.07) is 7.03.